The summed E-state index contributed by atoms with van der Waals surface area (Å²) in [4.78, 5) is 25.9. The highest BCUT2D eigenvalue weighted by Gasteiger charge is 2.35. The topological polar surface area (TPSA) is 106 Å². The summed E-state index contributed by atoms with van der Waals surface area (Å²) in [6.07, 6.45) is 0. The van der Waals surface area contributed by atoms with E-state index in [1.807, 2.05) is 0 Å². The molecule has 0 saturated carbocycles. The lowest BCUT2D eigenvalue weighted by Gasteiger charge is -2.23. The third kappa shape index (κ3) is 2.30. The Hall–Kier alpha value is -2.02. The second-order valence-electron chi connectivity index (χ2n) is 5.00. The van der Waals surface area contributed by atoms with Crippen LogP contribution in [0.2, 0.25) is 5.02 Å². The number of carbonyl (C=O) groups is 2. The second-order valence-corrected chi connectivity index (χ2v) is 6.48. The number of aliphatic hydroxyl groups is 1. The molecule has 118 valence electrons. The molecule has 1 aliphatic carbocycles. The number of nitrogen functional groups attached to an aromatic ring is 2. The summed E-state index contributed by atoms with van der Waals surface area (Å²) < 4.78 is 0. The van der Waals surface area contributed by atoms with Crippen molar-refractivity contribution in [2.24, 2.45) is 0 Å². The molecule has 0 saturated heterocycles. The molecule has 5 N–H and O–H groups in total. The first-order chi connectivity index (χ1) is 11.0. The van der Waals surface area contributed by atoms with Gasteiger partial charge in [-0.15, -0.1) is 11.8 Å². The maximum absolute atomic E-state index is 12.8. The largest absolute Gasteiger partial charge is 0.397 e. The monoisotopic (exact) mass is 348 g/mol. The lowest BCUT2D eigenvalue weighted by Crippen LogP contribution is -2.24. The van der Waals surface area contributed by atoms with Gasteiger partial charge in [0.05, 0.1) is 39.0 Å². The predicted molar refractivity (Wildman–Crippen MR) is 91.4 cm³/mol. The highest BCUT2D eigenvalue weighted by Crippen LogP contribution is 2.45. The van der Waals surface area contributed by atoms with Crippen LogP contribution in [0.3, 0.4) is 0 Å². The van der Waals surface area contributed by atoms with E-state index in [1.54, 1.807) is 24.3 Å². The normalized spacial score (nSPS) is 13.0. The Labute approximate surface area is 141 Å². The average molecular weight is 349 g/mol. The highest BCUT2D eigenvalue weighted by molar-refractivity contribution is 7.99. The van der Waals surface area contributed by atoms with Crippen molar-refractivity contribution in [3.8, 4) is 0 Å². The smallest absolute Gasteiger partial charge is 0.196 e. The fourth-order valence-corrected chi connectivity index (χ4v) is 3.79. The van der Waals surface area contributed by atoms with Crippen LogP contribution in [0.25, 0.3) is 0 Å². The summed E-state index contributed by atoms with van der Waals surface area (Å²) in [7, 11) is 0. The summed E-state index contributed by atoms with van der Waals surface area (Å²) >= 11 is 7.44. The van der Waals surface area contributed by atoms with Gasteiger partial charge in [0.25, 0.3) is 0 Å². The minimum absolute atomic E-state index is 0.0455. The van der Waals surface area contributed by atoms with Crippen molar-refractivity contribution in [2.75, 3.05) is 23.8 Å². The maximum Gasteiger partial charge on any atom is 0.196 e. The maximum atomic E-state index is 12.8. The van der Waals surface area contributed by atoms with E-state index >= 15 is 0 Å². The number of anilines is 2. The van der Waals surface area contributed by atoms with E-state index < -0.39 is 0 Å². The third-order valence-electron chi connectivity index (χ3n) is 3.68. The molecule has 2 aromatic carbocycles. The fourth-order valence-electron chi connectivity index (χ4n) is 2.64. The van der Waals surface area contributed by atoms with Gasteiger partial charge in [-0.2, -0.15) is 0 Å². The Bertz CT molecular complexity index is 852. The number of rotatable bonds is 3. The Morgan fingerprint density at radius 1 is 1.00 bits per heavy atom. The van der Waals surface area contributed by atoms with E-state index in [0.29, 0.717) is 21.8 Å². The van der Waals surface area contributed by atoms with E-state index in [0.717, 1.165) is 0 Å². The quantitative estimate of drug-likeness (QED) is 0.495. The van der Waals surface area contributed by atoms with Gasteiger partial charge in [0.15, 0.2) is 11.6 Å². The van der Waals surface area contributed by atoms with Crippen molar-refractivity contribution in [3.05, 3.63) is 51.5 Å². The number of nitrogens with two attached hydrogens (primary N) is 2. The van der Waals surface area contributed by atoms with E-state index in [9.17, 15) is 9.59 Å². The lowest BCUT2D eigenvalue weighted by atomic mass is 9.82. The molecule has 0 unspecified atom stereocenters. The molecule has 3 rings (SSSR count). The molecule has 5 nitrogen and oxygen atoms in total. The van der Waals surface area contributed by atoms with Crippen molar-refractivity contribution in [3.63, 3.8) is 0 Å². The molecule has 0 spiro atoms. The Balaban J connectivity index is 2.30. The van der Waals surface area contributed by atoms with E-state index in [-0.39, 0.29) is 45.7 Å². The molecule has 0 fully saturated rings. The molecule has 0 heterocycles. The SMILES string of the molecule is Nc1c(Cl)c(SCCO)c(N)c2c1C(=O)c1ccccc1C2=O. The molecule has 0 radical (unpaired) electrons. The molecule has 0 aliphatic heterocycles. The highest BCUT2D eigenvalue weighted by atomic mass is 35.5. The third-order valence-corrected chi connectivity index (χ3v) is 5.28. The van der Waals surface area contributed by atoms with Crippen molar-refractivity contribution in [2.45, 2.75) is 4.90 Å². The molecular formula is C16H13ClN2O3S. The molecule has 1 aliphatic rings. The number of benzene rings is 2. The van der Waals surface area contributed by atoms with Crippen LogP contribution in [0.1, 0.15) is 31.8 Å². The number of halogens is 1. The van der Waals surface area contributed by atoms with Crippen molar-refractivity contribution < 1.29 is 14.7 Å². The number of ketones is 2. The number of hydrogen-bond donors (Lipinski definition) is 3. The van der Waals surface area contributed by atoms with E-state index in [1.165, 1.54) is 11.8 Å². The fraction of sp³-hybridized carbons (Fsp3) is 0.125. The number of hydrogen-bond acceptors (Lipinski definition) is 6. The molecule has 0 amide bonds. The minimum atomic E-state index is -0.361. The predicted octanol–water partition coefficient (Wildman–Crippen LogP) is 2.36. The van der Waals surface area contributed by atoms with Gasteiger partial charge in [0.1, 0.15) is 0 Å². The average Bonchev–Trinajstić information content (AvgIpc) is 2.56. The van der Waals surface area contributed by atoms with Gasteiger partial charge in [-0.1, -0.05) is 35.9 Å². The molecule has 23 heavy (non-hydrogen) atoms. The summed E-state index contributed by atoms with van der Waals surface area (Å²) in [5, 5.41) is 9.12. The molecule has 0 bridgehead atoms. The van der Waals surface area contributed by atoms with Gasteiger partial charge in [0, 0.05) is 16.9 Å². The van der Waals surface area contributed by atoms with Gasteiger partial charge in [-0.05, 0) is 0 Å². The van der Waals surface area contributed by atoms with Crippen LogP contribution in [0.5, 0.6) is 0 Å². The Morgan fingerprint density at radius 2 is 1.52 bits per heavy atom. The first-order valence-electron chi connectivity index (χ1n) is 6.81. The number of aliphatic hydroxyl groups excluding tert-OH is 1. The Kier molecular flexibility index (Phi) is 4.06. The van der Waals surface area contributed by atoms with Crippen molar-refractivity contribution in [1.82, 2.24) is 0 Å². The van der Waals surface area contributed by atoms with Gasteiger partial charge < -0.3 is 16.6 Å². The Morgan fingerprint density at radius 3 is 2.04 bits per heavy atom. The van der Waals surface area contributed by atoms with Crippen LogP contribution in [0.4, 0.5) is 11.4 Å². The summed E-state index contributed by atoms with van der Waals surface area (Å²) in [6, 6.07) is 6.53. The molecular weight excluding hydrogens is 336 g/mol. The van der Waals surface area contributed by atoms with Gasteiger partial charge >= 0.3 is 0 Å². The van der Waals surface area contributed by atoms with Crippen LogP contribution in [0.15, 0.2) is 29.2 Å². The zero-order valence-electron chi connectivity index (χ0n) is 11.9. The van der Waals surface area contributed by atoms with Crippen molar-refractivity contribution >= 4 is 46.3 Å². The van der Waals surface area contributed by atoms with Crippen molar-refractivity contribution in [1.29, 1.82) is 0 Å². The van der Waals surface area contributed by atoms with Gasteiger partial charge in [-0.25, -0.2) is 0 Å². The van der Waals surface area contributed by atoms with Crippen LogP contribution in [-0.4, -0.2) is 29.0 Å². The van der Waals surface area contributed by atoms with Gasteiger partial charge in [-0.3, -0.25) is 9.59 Å². The molecule has 0 aromatic heterocycles. The molecule has 0 atom stereocenters. The number of fused-ring (bicyclic) bond motifs is 2. The van der Waals surface area contributed by atoms with E-state index in [2.05, 4.69) is 0 Å². The first-order valence-corrected chi connectivity index (χ1v) is 8.17. The summed E-state index contributed by atoms with van der Waals surface area (Å²) in [6.45, 7) is -0.0763. The summed E-state index contributed by atoms with van der Waals surface area (Å²) in [5.41, 5.74) is 13.1. The molecule has 7 heteroatoms. The minimum Gasteiger partial charge on any atom is -0.397 e. The van der Waals surface area contributed by atoms with E-state index in [4.69, 9.17) is 28.2 Å². The second kappa shape index (κ2) is 5.88. The van der Waals surface area contributed by atoms with Gasteiger partial charge in [0.2, 0.25) is 0 Å². The zero-order chi connectivity index (χ0) is 16.7. The van der Waals surface area contributed by atoms with Crippen LogP contribution in [0, 0.1) is 0 Å². The number of thioether (sulfide) groups is 1. The number of carbonyl (C=O) groups excluding carboxylic acids is 2. The van der Waals surface area contributed by atoms with Crippen LogP contribution < -0.4 is 11.5 Å². The zero-order valence-corrected chi connectivity index (χ0v) is 13.5. The standard InChI is InChI=1S/C16H13ClN2O3S/c17-11-12(18)9-10(13(19)16(11)23-6-5-20)15(22)8-4-2-1-3-7(8)14(9)21/h1-4,20H,5-6,18-19H2. The van der Waals surface area contributed by atoms with Crippen LogP contribution >= 0.6 is 23.4 Å². The summed E-state index contributed by atoms with van der Waals surface area (Å²) in [5.74, 6) is -0.358. The van der Waals surface area contributed by atoms with Crippen LogP contribution in [-0.2, 0) is 0 Å². The first kappa shape index (κ1) is 15.9. The molecule has 2 aromatic rings. The lowest BCUT2D eigenvalue weighted by molar-refractivity contribution is 0.0980.